The highest BCUT2D eigenvalue weighted by Gasteiger charge is 2.18. The summed E-state index contributed by atoms with van der Waals surface area (Å²) < 4.78 is 86.3. The van der Waals surface area contributed by atoms with Crippen LogP contribution < -0.4 is 0 Å². The minimum absolute atomic E-state index is 0.0583. The summed E-state index contributed by atoms with van der Waals surface area (Å²) in [5.74, 6) is -1.83. The summed E-state index contributed by atoms with van der Waals surface area (Å²) in [6.45, 7) is -7.68. The van der Waals surface area contributed by atoms with Crippen LogP contribution in [0, 0.1) is 13.8 Å². The lowest BCUT2D eigenvalue weighted by molar-refractivity contribution is -0.128. The van der Waals surface area contributed by atoms with E-state index in [9.17, 15) is 4.79 Å². The molecule has 0 radical (unpaired) electrons. The van der Waals surface area contributed by atoms with Gasteiger partial charge in [0.05, 0.1) is 17.8 Å². The van der Waals surface area contributed by atoms with Gasteiger partial charge in [-0.05, 0) is 25.4 Å². The first-order chi connectivity index (χ1) is 15.3. The molecule has 0 atom stereocenters. The van der Waals surface area contributed by atoms with Gasteiger partial charge in [0.2, 0.25) is 5.91 Å². The van der Waals surface area contributed by atoms with Crippen LogP contribution in [0.3, 0.4) is 0 Å². The second kappa shape index (κ2) is 5.88. The second-order valence-electron chi connectivity index (χ2n) is 5.09. The summed E-state index contributed by atoms with van der Waals surface area (Å²) in [6, 6.07) is 9.26. The zero-order valence-corrected chi connectivity index (χ0v) is 12.3. The standard InChI is InChI=1S/C19H21N3O/c1-13-5-8-15(9-6-13)19-16(11-18(23)21(3)4)22-12-14(2)7-10-17(22)20-19/h5-10,12H,11H2,1-4H3/i2D3,3D3,4D3,11D2. The number of fused-ring (bicyclic) bond motifs is 1. The predicted molar refractivity (Wildman–Crippen MR) is 92.5 cm³/mol. The van der Waals surface area contributed by atoms with E-state index >= 15 is 0 Å². The fraction of sp³-hybridized carbons (Fsp3) is 0.263. The molecule has 0 saturated carbocycles. The van der Waals surface area contributed by atoms with Gasteiger partial charge in [-0.3, -0.25) is 4.79 Å². The third-order valence-electron chi connectivity index (χ3n) is 3.37. The maximum absolute atomic E-state index is 13.2. The number of benzene rings is 1. The molecular weight excluding hydrogens is 286 g/mol. The molecule has 118 valence electrons. The molecule has 1 amide bonds. The van der Waals surface area contributed by atoms with Crippen molar-refractivity contribution in [3.8, 4) is 11.3 Å². The van der Waals surface area contributed by atoms with Gasteiger partial charge in [0, 0.05) is 40.8 Å². The lowest BCUT2D eigenvalue weighted by Crippen LogP contribution is -2.24. The van der Waals surface area contributed by atoms with Gasteiger partial charge in [0.1, 0.15) is 5.65 Å². The molecule has 1 aromatic carbocycles. The largest absolute Gasteiger partial charge is 0.348 e. The Morgan fingerprint density at radius 3 is 2.65 bits per heavy atom. The Morgan fingerprint density at radius 2 is 1.96 bits per heavy atom. The molecule has 2 heterocycles. The Morgan fingerprint density at radius 1 is 1.22 bits per heavy atom. The number of hydrogen-bond donors (Lipinski definition) is 0. The van der Waals surface area contributed by atoms with Crippen molar-refractivity contribution in [2.45, 2.75) is 20.1 Å². The van der Waals surface area contributed by atoms with Crippen LogP contribution in [-0.4, -0.2) is 34.1 Å². The van der Waals surface area contributed by atoms with E-state index in [0.717, 1.165) is 16.2 Å². The molecule has 0 aliphatic carbocycles. The van der Waals surface area contributed by atoms with Crippen LogP contribution in [0.25, 0.3) is 16.9 Å². The quantitative estimate of drug-likeness (QED) is 0.743. The van der Waals surface area contributed by atoms with E-state index in [0.29, 0.717) is 5.56 Å². The van der Waals surface area contributed by atoms with Gasteiger partial charge in [0.25, 0.3) is 0 Å². The Labute approximate surface area is 151 Å². The van der Waals surface area contributed by atoms with Crippen LogP contribution in [-0.2, 0) is 11.2 Å². The summed E-state index contributed by atoms with van der Waals surface area (Å²) in [4.78, 5) is 17.1. The fourth-order valence-electron chi connectivity index (χ4n) is 2.23. The Balaban J connectivity index is 2.36. The lowest BCUT2D eigenvalue weighted by atomic mass is 10.1. The third-order valence-corrected chi connectivity index (χ3v) is 3.37. The van der Waals surface area contributed by atoms with Gasteiger partial charge < -0.3 is 9.30 Å². The average molecular weight is 318 g/mol. The minimum Gasteiger partial charge on any atom is -0.348 e. The van der Waals surface area contributed by atoms with Crippen molar-refractivity contribution in [3.63, 3.8) is 0 Å². The predicted octanol–water partition coefficient (Wildman–Crippen LogP) is 3.25. The van der Waals surface area contributed by atoms with Crippen molar-refractivity contribution in [1.29, 1.82) is 0 Å². The number of carbonyl (C=O) groups excluding carboxylic acids is 1. The number of likely N-dealkylation sites (N-methyl/N-ethyl adjacent to an activating group) is 1. The smallest absolute Gasteiger partial charge is 0.228 e. The number of rotatable bonds is 3. The number of pyridine rings is 1. The number of imidazole rings is 1. The number of carbonyl (C=O) groups is 1. The van der Waals surface area contributed by atoms with E-state index in [-0.39, 0.29) is 16.9 Å². The fourth-order valence-corrected chi connectivity index (χ4v) is 2.23. The molecule has 0 N–H and O–H groups in total. The monoisotopic (exact) mass is 318 g/mol. The normalized spacial score (nSPS) is 20.3. The molecular formula is C19H21N3O. The first kappa shape index (κ1) is 6.87. The Bertz CT molecular complexity index is 1210. The SMILES string of the molecule is [2H]C([2H])([2H])c1ccc2nc(-c3ccc(C)cc3)c(C([2H])([2H])C(=O)N(C([2H])([2H])[2H])C([2H])([2H])[2H])n2c1. The van der Waals surface area contributed by atoms with Crippen molar-refractivity contribution < 1.29 is 19.9 Å². The van der Waals surface area contributed by atoms with E-state index in [1.807, 2.05) is 6.92 Å². The van der Waals surface area contributed by atoms with Crippen LogP contribution in [0.4, 0.5) is 0 Å². The molecule has 0 saturated heterocycles. The summed E-state index contributed by atoms with van der Waals surface area (Å²) in [5, 5.41) is 0. The Kier molecular flexibility index (Phi) is 1.76. The summed E-state index contributed by atoms with van der Waals surface area (Å²) in [7, 11) is 0. The number of amides is 1. The molecule has 0 unspecified atom stereocenters. The van der Waals surface area contributed by atoms with Crippen molar-refractivity contribution in [3.05, 3.63) is 59.4 Å². The first-order valence-corrected chi connectivity index (χ1v) is 6.80. The summed E-state index contributed by atoms with van der Waals surface area (Å²) in [6.07, 6.45) is -2.13. The summed E-state index contributed by atoms with van der Waals surface area (Å²) >= 11 is 0. The van der Waals surface area contributed by atoms with Crippen LogP contribution in [0.1, 0.15) is 31.9 Å². The molecule has 0 aliphatic heterocycles. The molecule has 0 bridgehead atoms. The highest BCUT2D eigenvalue weighted by atomic mass is 16.2. The maximum Gasteiger partial charge on any atom is 0.228 e. The first-order valence-electron chi connectivity index (χ1n) is 12.3. The van der Waals surface area contributed by atoms with Gasteiger partial charge in [-0.2, -0.15) is 0 Å². The number of hydrogen-bond acceptors (Lipinski definition) is 2. The number of aryl methyl sites for hydroxylation is 2. The van der Waals surface area contributed by atoms with Gasteiger partial charge in [-0.15, -0.1) is 0 Å². The minimum atomic E-state index is -3.47. The molecule has 4 heteroatoms. The molecule has 0 spiro atoms. The second-order valence-corrected chi connectivity index (χ2v) is 5.09. The Hall–Kier alpha value is -2.62. The van der Waals surface area contributed by atoms with Gasteiger partial charge >= 0.3 is 0 Å². The van der Waals surface area contributed by atoms with Crippen molar-refractivity contribution in [2.75, 3.05) is 14.0 Å². The van der Waals surface area contributed by atoms with Crippen LogP contribution in [0.5, 0.6) is 0 Å². The van der Waals surface area contributed by atoms with E-state index in [4.69, 9.17) is 15.1 Å². The van der Waals surface area contributed by atoms with Crippen molar-refractivity contribution >= 4 is 11.6 Å². The number of aromatic nitrogens is 2. The zero-order valence-electron chi connectivity index (χ0n) is 23.3. The van der Waals surface area contributed by atoms with Crippen LogP contribution >= 0.6 is 0 Å². The summed E-state index contributed by atoms with van der Waals surface area (Å²) in [5.41, 5.74) is 0.614. The highest BCUT2D eigenvalue weighted by molar-refractivity contribution is 5.81. The van der Waals surface area contributed by atoms with Crippen molar-refractivity contribution in [2.24, 2.45) is 0 Å². The molecule has 3 aromatic rings. The third kappa shape index (κ3) is 2.97. The molecule has 0 aliphatic rings. The maximum atomic E-state index is 13.2. The molecule has 3 rings (SSSR count). The lowest BCUT2D eigenvalue weighted by Gasteiger charge is -2.11. The van der Waals surface area contributed by atoms with Crippen LogP contribution in [0.15, 0.2) is 42.6 Å². The van der Waals surface area contributed by atoms with Crippen LogP contribution in [0.2, 0.25) is 0 Å². The molecule has 2 aromatic heterocycles. The van der Waals surface area contributed by atoms with Gasteiger partial charge in [0.15, 0.2) is 0 Å². The number of nitrogens with zero attached hydrogens (tertiary/aromatic N) is 3. The van der Waals surface area contributed by atoms with Gasteiger partial charge in [-0.1, -0.05) is 35.9 Å². The molecule has 23 heavy (non-hydrogen) atoms. The average Bonchev–Trinajstić information content (AvgIpc) is 3.05. The topological polar surface area (TPSA) is 37.6 Å². The van der Waals surface area contributed by atoms with E-state index in [1.165, 1.54) is 12.1 Å². The molecule has 4 nitrogen and oxygen atoms in total. The van der Waals surface area contributed by atoms with E-state index < -0.39 is 43.7 Å². The van der Waals surface area contributed by atoms with Gasteiger partial charge in [-0.25, -0.2) is 4.98 Å². The zero-order chi connectivity index (χ0) is 25.9. The van der Waals surface area contributed by atoms with Crippen molar-refractivity contribution in [1.82, 2.24) is 14.3 Å². The van der Waals surface area contributed by atoms with E-state index in [1.54, 1.807) is 24.3 Å². The molecule has 0 fully saturated rings. The van der Waals surface area contributed by atoms with E-state index in [2.05, 4.69) is 4.98 Å². The highest BCUT2D eigenvalue weighted by Crippen LogP contribution is 2.26.